The zero-order valence-corrected chi connectivity index (χ0v) is 15.3. The molecule has 0 amide bonds. The fourth-order valence-corrected chi connectivity index (χ4v) is 3.26. The van der Waals surface area contributed by atoms with E-state index in [1.165, 1.54) is 0 Å². The number of hydrogen-bond acceptors (Lipinski definition) is 5. The van der Waals surface area contributed by atoms with E-state index in [2.05, 4.69) is 22.3 Å². The van der Waals surface area contributed by atoms with Crippen LogP contribution in [-0.2, 0) is 9.53 Å². The lowest BCUT2D eigenvalue weighted by Crippen LogP contribution is -2.30. The average molecular weight is 361 g/mol. The van der Waals surface area contributed by atoms with Gasteiger partial charge in [-0.1, -0.05) is 37.1 Å². The number of halogens is 1. The van der Waals surface area contributed by atoms with Crippen molar-refractivity contribution < 1.29 is 9.53 Å². The van der Waals surface area contributed by atoms with E-state index in [1.807, 2.05) is 25.1 Å². The Labute approximate surface area is 151 Å². The zero-order valence-electron chi connectivity index (χ0n) is 14.5. The first-order chi connectivity index (χ1) is 12.0. The van der Waals surface area contributed by atoms with E-state index in [-0.39, 0.29) is 5.97 Å². The van der Waals surface area contributed by atoms with Crippen molar-refractivity contribution in [2.45, 2.75) is 39.7 Å². The molecule has 2 aromatic rings. The molecule has 0 unspecified atom stereocenters. The van der Waals surface area contributed by atoms with Crippen LogP contribution in [0.1, 0.15) is 44.1 Å². The summed E-state index contributed by atoms with van der Waals surface area (Å²) in [6, 6.07) is 7.04. The number of carbonyl (C=O) groups excluding carboxylic acids is 1. The van der Waals surface area contributed by atoms with Crippen LogP contribution in [-0.4, -0.2) is 27.3 Å². The number of aromatic nitrogens is 3. The Bertz CT molecular complexity index is 828. The summed E-state index contributed by atoms with van der Waals surface area (Å²) in [5.74, 6) is 0.914. The maximum absolute atomic E-state index is 12.8. The molecule has 6 nitrogen and oxygen atoms in total. The molecule has 0 fully saturated rings. The third-order valence-corrected chi connectivity index (χ3v) is 4.24. The average Bonchev–Trinajstić information content (AvgIpc) is 2.93. The highest BCUT2D eigenvalue weighted by atomic mass is 35.5. The first-order valence-electron chi connectivity index (χ1n) is 8.41. The summed E-state index contributed by atoms with van der Waals surface area (Å²) < 4.78 is 7.06. The summed E-state index contributed by atoms with van der Waals surface area (Å²) >= 11 is 6.19. The van der Waals surface area contributed by atoms with Gasteiger partial charge in [-0.3, -0.25) is 0 Å². The predicted molar refractivity (Wildman–Crippen MR) is 96.5 cm³/mol. The van der Waals surface area contributed by atoms with Crippen LogP contribution >= 0.6 is 11.6 Å². The molecule has 0 bridgehead atoms. The molecule has 3 rings (SSSR count). The van der Waals surface area contributed by atoms with Gasteiger partial charge in [0.15, 0.2) is 0 Å². The van der Waals surface area contributed by atoms with Crippen LogP contribution in [0, 0.1) is 6.92 Å². The largest absolute Gasteiger partial charge is 0.463 e. The van der Waals surface area contributed by atoms with E-state index in [4.69, 9.17) is 16.3 Å². The van der Waals surface area contributed by atoms with Crippen LogP contribution in [0.4, 0.5) is 5.95 Å². The Morgan fingerprint density at radius 1 is 1.40 bits per heavy atom. The molecular formula is C18H21ClN4O2. The van der Waals surface area contributed by atoms with Crippen molar-refractivity contribution >= 4 is 23.5 Å². The van der Waals surface area contributed by atoms with Crippen LogP contribution in [0.25, 0.3) is 0 Å². The van der Waals surface area contributed by atoms with Gasteiger partial charge >= 0.3 is 5.97 Å². The van der Waals surface area contributed by atoms with Crippen molar-refractivity contribution in [2.75, 3.05) is 11.9 Å². The van der Waals surface area contributed by atoms with Crippen molar-refractivity contribution in [3.05, 3.63) is 51.9 Å². The van der Waals surface area contributed by atoms with Gasteiger partial charge in [0.2, 0.25) is 5.95 Å². The van der Waals surface area contributed by atoms with Gasteiger partial charge in [-0.2, -0.15) is 10.1 Å². The Morgan fingerprint density at radius 2 is 2.20 bits per heavy atom. The summed E-state index contributed by atoms with van der Waals surface area (Å²) in [5, 5.41) is 8.35. The Hall–Kier alpha value is -2.34. The topological polar surface area (TPSA) is 69.0 Å². The third-order valence-electron chi connectivity index (χ3n) is 4.00. The molecule has 0 saturated heterocycles. The highest BCUT2D eigenvalue weighted by Gasteiger charge is 2.35. The number of nitrogens with one attached hydrogen (secondary N) is 1. The molecule has 1 atom stereocenters. The van der Waals surface area contributed by atoms with Crippen LogP contribution in [0.5, 0.6) is 0 Å². The molecule has 1 aromatic heterocycles. The smallest absolute Gasteiger partial charge is 0.338 e. The maximum Gasteiger partial charge on any atom is 0.338 e. The normalized spacial score (nSPS) is 16.4. The fraction of sp³-hybridized carbons (Fsp3) is 0.389. The Morgan fingerprint density at radius 3 is 2.88 bits per heavy atom. The molecule has 7 heteroatoms. The van der Waals surface area contributed by atoms with Gasteiger partial charge in [0.05, 0.1) is 12.2 Å². The molecule has 0 spiro atoms. The quantitative estimate of drug-likeness (QED) is 0.819. The summed E-state index contributed by atoms with van der Waals surface area (Å²) in [6.07, 6.45) is 1.61. The van der Waals surface area contributed by atoms with E-state index >= 15 is 0 Å². The van der Waals surface area contributed by atoms with E-state index in [1.54, 1.807) is 17.7 Å². The number of carbonyl (C=O) groups is 1. The minimum atomic E-state index is -0.420. The van der Waals surface area contributed by atoms with Crippen molar-refractivity contribution in [3.63, 3.8) is 0 Å². The minimum absolute atomic E-state index is 0.313. The second-order valence-corrected chi connectivity index (χ2v) is 6.31. The lowest BCUT2D eigenvalue weighted by molar-refractivity contribution is -0.139. The number of anilines is 1. The number of rotatable bonds is 5. The van der Waals surface area contributed by atoms with Crippen molar-refractivity contribution in [2.24, 2.45) is 0 Å². The number of hydrogen-bond donors (Lipinski definition) is 1. The highest BCUT2D eigenvalue weighted by molar-refractivity contribution is 6.30. The van der Waals surface area contributed by atoms with Crippen molar-refractivity contribution in [3.8, 4) is 0 Å². The summed E-state index contributed by atoms with van der Waals surface area (Å²) in [7, 11) is 0. The number of esters is 1. The molecule has 25 heavy (non-hydrogen) atoms. The first-order valence-corrected chi connectivity index (χ1v) is 8.78. The number of aryl methyl sites for hydroxylation is 1. The van der Waals surface area contributed by atoms with Gasteiger partial charge in [0, 0.05) is 10.7 Å². The number of benzene rings is 1. The number of fused-ring (bicyclic) bond motifs is 1. The van der Waals surface area contributed by atoms with Crippen molar-refractivity contribution in [1.82, 2.24) is 14.8 Å². The van der Waals surface area contributed by atoms with Crippen LogP contribution < -0.4 is 5.32 Å². The number of allylic oxidation sites excluding steroid dienone is 1. The maximum atomic E-state index is 12.8. The second-order valence-electron chi connectivity index (χ2n) is 5.87. The Balaban J connectivity index is 2.20. The van der Waals surface area contributed by atoms with E-state index in [0.717, 1.165) is 24.1 Å². The standard InChI is InChI=1S/C18H21ClN4O2/c1-4-7-14-15(17(24)25-5-2)16(12-8-6-9-13(19)10-12)23-18(21-14)20-11(3)22-23/h6,8-10,16H,4-5,7H2,1-3H3,(H,20,21,22)/t16-/m1/s1. The summed E-state index contributed by atoms with van der Waals surface area (Å²) in [5.41, 5.74) is 2.26. The van der Waals surface area contributed by atoms with Gasteiger partial charge < -0.3 is 10.1 Å². The highest BCUT2D eigenvalue weighted by Crippen LogP contribution is 2.37. The predicted octanol–water partition coefficient (Wildman–Crippen LogP) is 3.87. The zero-order chi connectivity index (χ0) is 18.0. The first kappa shape index (κ1) is 17.5. The minimum Gasteiger partial charge on any atom is -0.463 e. The molecule has 0 radical (unpaired) electrons. The molecule has 1 aliphatic rings. The molecule has 1 aromatic carbocycles. The van der Waals surface area contributed by atoms with Crippen molar-refractivity contribution in [1.29, 1.82) is 0 Å². The molecular weight excluding hydrogens is 340 g/mol. The van der Waals surface area contributed by atoms with Crippen LogP contribution in [0.15, 0.2) is 35.5 Å². The van der Waals surface area contributed by atoms with Gasteiger partial charge in [-0.25, -0.2) is 9.48 Å². The number of ether oxygens (including phenoxy) is 1. The fourth-order valence-electron chi connectivity index (χ4n) is 3.06. The van der Waals surface area contributed by atoms with Gasteiger partial charge in [-0.05, 0) is 38.0 Å². The molecule has 0 saturated carbocycles. The summed E-state index contributed by atoms with van der Waals surface area (Å²) in [4.78, 5) is 17.2. The summed E-state index contributed by atoms with van der Waals surface area (Å²) in [6.45, 7) is 6.00. The monoisotopic (exact) mass is 360 g/mol. The van der Waals surface area contributed by atoms with Gasteiger partial charge in [0.1, 0.15) is 11.9 Å². The van der Waals surface area contributed by atoms with Gasteiger partial charge in [-0.15, -0.1) is 0 Å². The molecule has 132 valence electrons. The lowest BCUT2D eigenvalue weighted by Gasteiger charge is -2.29. The molecule has 2 heterocycles. The molecule has 0 aliphatic carbocycles. The van der Waals surface area contributed by atoms with Crippen LogP contribution in [0.3, 0.4) is 0 Å². The SMILES string of the molecule is CCCC1=C(C(=O)OCC)[C@@H](c2cccc(Cl)c2)n2nc(C)nc2N1. The van der Waals surface area contributed by atoms with E-state index < -0.39 is 6.04 Å². The lowest BCUT2D eigenvalue weighted by atomic mass is 9.94. The van der Waals surface area contributed by atoms with E-state index in [0.29, 0.717) is 29.0 Å². The number of nitrogens with zero attached hydrogens (tertiary/aromatic N) is 3. The second kappa shape index (κ2) is 7.27. The Kier molecular flexibility index (Phi) is 5.08. The molecule has 1 aliphatic heterocycles. The van der Waals surface area contributed by atoms with Gasteiger partial charge in [0.25, 0.3) is 0 Å². The van der Waals surface area contributed by atoms with Crippen LogP contribution in [0.2, 0.25) is 5.02 Å². The third kappa shape index (κ3) is 3.39. The molecule has 1 N–H and O–H groups in total. The van der Waals surface area contributed by atoms with E-state index in [9.17, 15) is 4.79 Å².